The average Bonchev–Trinajstić information content (AvgIpc) is 2.75. The van der Waals surface area contributed by atoms with Crippen LogP contribution in [0.5, 0.6) is 0 Å². The number of rotatable bonds is 2. The predicted octanol–water partition coefficient (Wildman–Crippen LogP) is 4.03. The van der Waals surface area contributed by atoms with E-state index in [-0.39, 0.29) is 23.0 Å². The molecular weight excluding hydrogens is 435 g/mol. The highest BCUT2D eigenvalue weighted by Crippen LogP contribution is 2.43. The second kappa shape index (κ2) is 8.04. The fourth-order valence-electron chi connectivity index (χ4n) is 3.47. The normalized spacial score (nSPS) is 14.5. The highest BCUT2D eigenvalue weighted by Gasteiger charge is 2.31. The maximum absolute atomic E-state index is 9.49. The molecule has 1 aliphatic rings. The molecule has 0 bridgehead atoms. The number of halogens is 2. The van der Waals surface area contributed by atoms with Gasteiger partial charge >= 0.3 is 0 Å². The third kappa shape index (κ3) is 3.55. The number of hydrogen-bond acceptors (Lipinski definition) is 8. The lowest BCUT2D eigenvalue weighted by molar-refractivity contribution is 0.848. The smallest absolute Gasteiger partial charge is 0.211 e. The molecule has 152 valence electrons. The summed E-state index contributed by atoms with van der Waals surface area (Å²) in [6.45, 7) is 0. The Bertz CT molecular complexity index is 1320. The summed E-state index contributed by atoms with van der Waals surface area (Å²) in [6.07, 6.45) is 1.83. The minimum atomic E-state index is -0.669. The molecular formula is C21H14Cl2N8. The van der Waals surface area contributed by atoms with E-state index in [0.29, 0.717) is 21.4 Å². The predicted molar refractivity (Wildman–Crippen MR) is 121 cm³/mol. The van der Waals surface area contributed by atoms with Crippen LogP contribution in [0.25, 0.3) is 11.1 Å². The minimum absolute atomic E-state index is 0.0130. The van der Waals surface area contributed by atoms with Crippen LogP contribution in [-0.4, -0.2) is 10.9 Å². The highest BCUT2D eigenvalue weighted by molar-refractivity contribution is 6.42. The second-order valence-corrected chi connectivity index (χ2v) is 7.43. The van der Waals surface area contributed by atoms with Gasteiger partial charge in [0.05, 0.1) is 15.7 Å². The number of nitriles is 2. The van der Waals surface area contributed by atoms with Gasteiger partial charge in [-0.15, -0.1) is 0 Å². The number of guanidine groups is 1. The Kier molecular flexibility index (Phi) is 5.26. The second-order valence-electron chi connectivity index (χ2n) is 6.62. The molecule has 31 heavy (non-hydrogen) atoms. The first kappa shape index (κ1) is 20.3. The molecule has 1 unspecified atom stereocenters. The molecule has 8 nitrogen and oxygen atoms in total. The van der Waals surface area contributed by atoms with Gasteiger partial charge in [0.1, 0.15) is 29.3 Å². The van der Waals surface area contributed by atoms with Crippen molar-refractivity contribution in [2.75, 3.05) is 16.8 Å². The number of nitrogens with two attached hydrogens (primary N) is 2. The zero-order valence-electron chi connectivity index (χ0n) is 15.8. The van der Waals surface area contributed by atoms with Crippen LogP contribution in [0.3, 0.4) is 0 Å². The lowest BCUT2D eigenvalue weighted by Gasteiger charge is -2.27. The van der Waals surface area contributed by atoms with Crippen molar-refractivity contribution in [1.82, 2.24) is 10.3 Å². The molecule has 0 radical (unpaired) electrons. The summed E-state index contributed by atoms with van der Waals surface area (Å²) in [5.74, 6) is 0.483. The first-order valence-electron chi connectivity index (χ1n) is 8.97. The maximum Gasteiger partial charge on any atom is 0.211 e. The molecule has 0 aliphatic carbocycles. The van der Waals surface area contributed by atoms with Gasteiger partial charge in [-0.05, 0) is 28.8 Å². The molecule has 0 saturated carbocycles. The molecule has 0 spiro atoms. The molecule has 2 heterocycles. The van der Waals surface area contributed by atoms with Gasteiger partial charge < -0.3 is 16.8 Å². The zero-order valence-corrected chi connectivity index (χ0v) is 17.3. The van der Waals surface area contributed by atoms with E-state index in [1.165, 1.54) is 0 Å². The topological polar surface area (TPSA) is 149 Å². The lowest BCUT2D eigenvalue weighted by Crippen LogP contribution is -2.32. The summed E-state index contributed by atoms with van der Waals surface area (Å²) in [5.41, 5.74) is 15.4. The van der Waals surface area contributed by atoms with Gasteiger partial charge in [0, 0.05) is 5.56 Å². The number of aliphatic imine (C=N–C) groups is 1. The summed E-state index contributed by atoms with van der Waals surface area (Å²) < 4.78 is 0. The van der Waals surface area contributed by atoms with Gasteiger partial charge in [0.2, 0.25) is 5.96 Å². The standard InChI is InChI=1S/C21H14Cl2N8/c22-14-6-5-10(7-15(14)23)11-3-1-2-4-12(11)18-16-17(26)13(8-24)19(27)30-20(16)31-21(29-18)28-9-25/h1-7,18H,(H6,26,27,28,29,30,31). The van der Waals surface area contributed by atoms with E-state index >= 15 is 0 Å². The molecule has 0 fully saturated rings. The number of nitrogen functional groups attached to an aromatic ring is 2. The van der Waals surface area contributed by atoms with E-state index in [2.05, 4.69) is 20.6 Å². The number of anilines is 3. The van der Waals surface area contributed by atoms with Crippen molar-refractivity contribution in [2.24, 2.45) is 4.99 Å². The van der Waals surface area contributed by atoms with Crippen LogP contribution in [0, 0.1) is 22.8 Å². The molecule has 1 aromatic heterocycles. The van der Waals surface area contributed by atoms with Crippen molar-refractivity contribution in [3.05, 3.63) is 69.2 Å². The van der Waals surface area contributed by atoms with E-state index in [1.807, 2.05) is 42.6 Å². The zero-order chi connectivity index (χ0) is 22.1. The molecule has 1 atom stereocenters. The molecule has 2 aromatic carbocycles. The van der Waals surface area contributed by atoms with Crippen LogP contribution < -0.4 is 22.1 Å². The summed E-state index contributed by atoms with van der Waals surface area (Å²) in [6, 6.07) is 14.2. The summed E-state index contributed by atoms with van der Waals surface area (Å²) in [4.78, 5) is 8.89. The van der Waals surface area contributed by atoms with Crippen molar-refractivity contribution in [3.63, 3.8) is 0 Å². The molecule has 4 rings (SSSR count). The number of nitrogens with zero attached hydrogens (tertiary/aromatic N) is 4. The molecule has 6 N–H and O–H groups in total. The summed E-state index contributed by atoms with van der Waals surface area (Å²) in [7, 11) is 0. The number of nitrogens with one attached hydrogen (secondary N) is 2. The number of fused-ring (bicyclic) bond motifs is 1. The van der Waals surface area contributed by atoms with Crippen molar-refractivity contribution < 1.29 is 0 Å². The molecule has 0 saturated heterocycles. The highest BCUT2D eigenvalue weighted by atomic mass is 35.5. The first-order chi connectivity index (χ1) is 14.9. The Balaban J connectivity index is 1.98. The van der Waals surface area contributed by atoms with Crippen molar-refractivity contribution >= 4 is 46.5 Å². The van der Waals surface area contributed by atoms with Crippen LogP contribution in [0.1, 0.15) is 22.7 Å². The number of benzene rings is 2. The van der Waals surface area contributed by atoms with E-state index in [4.69, 9.17) is 39.9 Å². The number of pyridine rings is 1. The fraction of sp³-hybridized carbons (Fsp3) is 0.0476. The molecule has 1 aliphatic heterocycles. The Morgan fingerprint density at radius 2 is 1.84 bits per heavy atom. The van der Waals surface area contributed by atoms with Gasteiger partial charge in [-0.25, -0.2) is 9.98 Å². The summed E-state index contributed by atoms with van der Waals surface area (Å²) >= 11 is 12.3. The minimum Gasteiger partial charge on any atom is -0.397 e. The van der Waals surface area contributed by atoms with Crippen LogP contribution in [-0.2, 0) is 0 Å². The van der Waals surface area contributed by atoms with Crippen LogP contribution in [0.2, 0.25) is 10.0 Å². The van der Waals surface area contributed by atoms with Crippen molar-refractivity contribution in [2.45, 2.75) is 6.04 Å². The lowest BCUT2D eigenvalue weighted by atomic mass is 9.89. The largest absolute Gasteiger partial charge is 0.397 e. The Hall–Kier alpha value is -3.98. The first-order valence-corrected chi connectivity index (χ1v) is 9.73. The van der Waals surface area contributed by atoms with E-state index in [0.717, 1.165) is 16.7 Å². The Labute approximate surface area is 187 Å². The third-order valence-electron chi connectivity index (χ3n) is 4.84. The van der Waals surface area contributed by atoms with E-state index in [9.17, 15) is 5.26 Å². The summed E-state index contributed by atoms with van der Waals surface area (Å²) in [5, 5.41) is 24.8. The van der Waals surface area contributed by atoms with Crippen molar-refractivity contribution in [3.8, 4) is 23.4 Å². The third-order valence-corrected chi connectivity index (χ3v) is 5.58. The SMILES string of the molecule is N#CNC1=NC(c2ccccc2-c2ccc(Cl)c(Cl)c2)c2c(nc(N)c(C#N)c2N)N1. The Morgan fingerprint density at radius 1 is 1.06 bits per heavy atom. The van der Waals surface area contributed by atoms with E-state index < -0.39 is 6.04 Å². The fourth-order valence-corrected chi connectivity index (χ4v) is 3.77. The van der Waals surface area contributed by atoms with Gasteiger partial charge in [0.25, 0.3) is 0 Å². The van der Waals surface area contributed by atoms with Crippen LogP contribution in [0.4, 0.5) is 17.3 Å². The van der Waals surface area contributed by atoms with Gasteiger partial charge in [0.15, 0.2) is 6.19 Å². The van der Waals surface area contributed by atoms with Gasteiger partial charge in [-0.2, -0.15) is 10.5 Å². The van der Waals surface area contributed by atoms with Gasteiger partial charge in [-0.1, -0.05) is 53.5 Å². The van der Waals surface area contributed by atoms with Crippen LogP contribution in [0.15, 0.2) is 47.5 Å². The maximum atomic E-state index is 9.49. The van der Waals surface area contributed by atoms with Gasteiger partial charge in [-0.3, -0.25) is 5.32 Å². The number of aromatic nitrogens is 1. The number of hydrogen-bond donors (Lipinski definition) is 4. The molecule has 0 amide bonds. The monoisotopic (exact) mass is 448 g/mol. The average molecular weight is 449 g/mol. The Morgan fingerprint density at radius 3 is 2.55 bits per heavy atom. The molecule has 10 heteroatoms. The van der Waals surface area contributed by atoms with Crippen LogP contribution >= 0.6 is 23.2 Å². The van der Waals surface area contributed by atoms with Crippen molar-refractivity contribution in [1.29, 1.82) is 10.5 Å². The molecule has 3 aromatic rings. The quantitative estimate of drug-likeness (QED) is 0.341. The van der Waals surface area contributed by atoms with E-state index in [1.54, 1.807) is 12.1 Å².